The number of methoxy groups -OCH3 is 2. The first kappa shape index (κ1) is 29.9. The number of carbonyl (C=O) groups excluding carboxylic acids is 2. The van der Waals surface area contributed by atoms with Gasteiger partial charge in [0.05, 0.1) is 45.2 Å². The first-order chi connectivity index (χ1) is 21.0. The quantitative estimate of drug-likeness (QED) is 0.332. The zero-order chi connectivity index (χ0) is 30.3. The molecule has 43 heavy (non-hydrogen) atoms. The van der Waals surface area contributed by atoms with Crippen LogP contribution in [0.5, 0.6) is 11.5 Å². The van der Waals surface area contributed by atoms with E-state index in [9.17, 15) is 9.59 Å². The van der Waals surface area contributed by atoms with Crippen LogP contribution < -0.4 is 35.0 Å². The van der Waals surface area contributed by atoms with E-state index in [2.05, 4.69) is 32.8 Å². The summed E-state index contributed by atoms with van der Waals surface area (Å²) < 4.78 is 16.7. The Morgan fingerprint density at radius 2 is 1.88 bits per heavy atom. The maximum absolute atomic E-state index is 13.9. The summed E-state index contributed by atoms with van der Waals surface area (Å²) in [5.74, 6) is 0.955. The van der Waals surface area contributed by atoms with Gasteiger partial charge in [-0.2, -0.15) is 4.98 Å². The van der Waals surface area contributed by atoms with Crippen molar-refractivity contribution in [2.75, 3.05) is 73.7 Å². The molecule has 0 aliphatic carbocycles. The lowest BCUT2D eigenvalue weighted by molar-refractivity contribution is 0.0362. The Morgan fingerprint density at radius 1 is 1.07 bits per heavy atom. The number of hydroxylamine groups is 1. The van der Waals surface area contributed by atoms with E-state index in [4.69, 9.17) is 24.0 Å². The number of hydrogen-bond donors (Lipinski definition) is 2. The number of ether oxygens (including phenoxy) is 3. The Bertz CT molecular complexity index is 1440. The normalized spacial score (nSPS) is 15.1. The Labute approximate surface area is 250 Å². The van der Waals surface area contributed by atoms with Crippen molar-refractivity contribution in [1.82, 2.24) is 15.4 Å². The molecule has 0 bridgehead atoms. The summed E-state index contributed by atoms with van der Waals surface area (Å²) in [6.07, 6.45) is 2.70. The van der Waals surface area contributed by atoms with Gasteiger partial charge < -0.3 is 24.4 Å². The average Bonchev–Trinajstić information content (AvgIpc) is 3.33. The third kappa shape index (κ3) is 6.42. The third-order valence-corrected chi connectivity index (χ3v) is 7.24. The van der Waals surface area contributed by atoms with E-state index in [-0.39, 0.29) is 30.5 Å². The minimum absolute atomic E-state index is 0.162. The SMILES string of the molecule is CCONC(=O)c1cc(OC)cc(N2Cc3cnc(Nc4ccc(N5CCCOCC5)cc4)nc3N(CC)C2=O)c1OC. The summed E-state index contributed by atoms with van der Waals surface area (Å²) in [4.78, 5) is 46.5. The molecule has 1 fully saturated rings. The number of benzene rings is 2. The van der Waals surface area contributed by atoms with E-state index in [0.717, 1.165) is 49.7 Å². The number of anilines is 5. The van der Waals surface area contributed by atoms with Gasteiger partial charge in [0, 0.05) is 55.4 Å². The zero-order valence-electron chi connectivity index (χ0n) is 24.9. The Balaban J connectivity index is 1.41. The van der Waals surface area contributed by atoms with E-state index in [0.29, 0.717) is 29.7 Å². The van der Waals surface area contributed by atoms with Gasteiger partial charge in [-0.15, -0.1) is 0 Å². The highest BCUT2D eigenvalue weighted by molar-refractivity contribution is 6.08. The number of fused-ring (bicyclic) bond motifs is 1. The highest BCUT2D eigenvalue weighted by Gasteiger charge is 2.35. The van der Waals surface area contributed by atoms with E-state index in [1.54, 1.807) is 24.1 Å². The predicted molar refractivity (Wildman–Crippen MR) is 163 cm³/mol. The summed E-state index contributed by atoms with van der Waals surface area (Å²) in [6, 6.07) is 11.0. The van der Waals surface area contributed by atoms with Gasteiger partial charge in [0.15, 0.2) is 5.75 Å². The number of hydrogen-bond acceptors (Lipinski definition) is 10. The van der Waals surface area contributed by atoms with Crippen molar-refractivity contribution in [2.24, 2.45) is 0 Å². The fourth-order valence-electron chi connectivity index (χ4n) is 5.12. The van der Waals surface area contributed by atoms with Gasteiger partial charge in [-0.1, -0.05) is 0 Å². The lowest BCUT2D eigenvalue weighted by Crippen LogP contribution is -2.48. The van der Waals surface area contributed by atoms with Crippen LogP contribution in [0.4, 0.5) is 33.6 Å². The topological polar surface area (TPSA) is 131 Å². The summed E-state index contributed by atoms with van der Waals surface area (Å²) in [6.45, 7) is 7.77. The number of amides is 3. The van der Waals surface area contributed by atoms with Gasteiger partial charge in [0.1, 0.15) is 11.6 Å². The standard InChI is InChI=1S/C30H37N7O6/c1-5-36-27-20(18-31-29(33-27)32-21-8-10-22(11-9-21)35-12-7-14-42-15-13-35)19-37(30(36)39)25-17-23(40-3)16-24(26(25)41-4)28(38)34-43-6-2/h8-11,16-18H,5-7,12-15,19H2,1-4H3,(H,34,38)(H,31,32,33). The molecular weight excluding hydrogens is 554 g/mol. The molecule has 1 aromatic heterocycles. The number of nitrogens with zero attached hydrogens (tertiary/aromatic N) is 5. The maximum atomic E-state index is 13.9. The number of carbonyl (C=O) groups is 2. The van der Waals surface area contributed by atoms with Crippen LogP contribution >= 0.6 is 0 Å². The van der Waals surface area contributed by atoms with Gasteiger partial charge in [0.25, 0.3) is 5.91 Å². The second-order valence-corrected chi connectivity index (χ2v) is 9.87. The van der Waals surface area contributed by atoms with Crippen molar-refractivity contribution in [1.29, 1.82) is 0 Å². The van der Waals surface area contributed by atoms with Gasteiger partial charge in [0.2, 0.25) is 5.95 Å². The molecule has 2 aliphatic rings. The number of nitrogens with one attached hydrogen (secondary N) is 2. The van der Waals surface area contributed by atoms with Crippen molar-refractivity contribution in [3.05, 3.63) is 53.7 Å². The molecule has 2 aliphatic heterocycles. The molecule has 3 amide bonds. The molecule has 5 rings (SSSR count). The summed E-state index contributed by atoms with van der Waals surface area (Å²) >= 11 is 0. The van der Waals surface area contributed by atoms with Gasteiger partial charge in [-0.3, -0.25) is 19.4 Å². The van der Waals surface area contributed by atoms with Crippen LogP contribution in [0.3, 0.4) is 0 Å². The molecule has 13 nitrogen and oxygen atoms in total. The monoisotopic (exact) mass is 591 g/mol. The molecule has 0 saturated carbocycles. The molecule has 2 aromatic carbocycles. The van der Waals surface area contributed by atoms with Crippen molar-refractivity contribution in [3.8, 4) is 11.5 Å². The van der Waals surface area contributed by atoms with Gasteiger partial charge in [-0.25, -0.2) is 15.3 Å². The smallest absolute Gasteiger partial charge is 0.330 e. The van der Waals surface area contributed by atoms with E-state index in [1.165, 1.54) is 25.2 Å². The van der Waals surface area contributed by atoms with Crippen molar-refractivity contribution in [3.63, 3.8) is 0 Å². The van der Waals surface area contributed by atoms with Crippen LogP contribution in [0.2, 0.25) is 0 Å². The molecular formula is C30H37N7O6. The zero-order valence-corrected chi connectivity index (χ0v) is 24.9. The average molecular weight is 592 g/mol. The van der Waals surface area contributed by atoms with Gasteiger partial charge >= 0.3 is 6.03 Å². The number of aromatic nitrogens is 2. The number of rotatable bonds is 10. The molecule has 3 aromatic rings. The summed E-state index contributed by atoms with van der Waals surface area (Å²) in [5.41, 5.74) is 5.62. The second-order valence-electron chi connectivity index (χ2n) is 9.87. The first-order valence-electron chi connectivity index (χ1n) is 14.3. The maximum Gasteiger partial charge on any atom is 0.330 e. The van der Waals surface area contributed by atoms with Crippen molar-refractivity contribution >= 4 is 40.8 Å². The molecule has 13 heteroatoms. The summed E-state index contributed by atoms with van der Waals surface area (Å²) in [5, 5.41) is 3.26. The molecule has 0 spiro atoms. The first-order valence-corrected chi connectivity index (χ1v) is 14.3. The van der Waals surface area contributed by atoms with Crippen LogP contribution in [0, 0.1) is 0 Å². The Hall–Kier alpha value is -4.62. The lowest BCUT2D eigenvalue weighted by atomic mass is 10.1. The molecule has 228 valence electrons. The molecule has 0 radical (unpaired) electrons. The second kappa shape index (κ2) is 13.6. The Morgan fingerprint density at radius 3 is 2.60 bits per heavy atom. The van der Waals surface area contributed by atoms with E-state index >= 15 is 0 Å². The minimum Gasteiger partial charge on any atom is -0.497 e. The molecule has 2 N–H and O–H groups in total. The van der Waals surface area contributed by atoms with Crippen molar-refractivity contribution < 1.29 is 28.6 Å². The van der Waals surface area contributed by atoms with E-state index in [1.807, 2.05) is 19.1 Å². The molecule has 3 heterocycles. The number of urea groups is 1. The highest BCUT2D eigenvalue weighted by Crippen LogP contribution is 2.40. The molecule has 0 atom stereocenters. The highest BCUT2D eigenvalue weighted by atomic mass is 16.6. The van der Waals surface area contributed by atoms with Crippen LogP contribution in [0.1, 0.15) is 36.2 Å². The van der Waals surface area contributed by atoms with Crippen LogP contribution in [-0.2, 0) is 16.1 Å². The van der Waals surface area contributed by atoms with Crippen molar-refractivity contribution in [2.45, 2.75) is 26.8 Å². The predicted octanol–water partition coefficient (Wildman–Crippen LogP) is 4.11. The summed E-state index contributed by atoms with van der Waals surface area (Å²) in [7, 11) is 2.93. The third-order valence-electron chi connectivity index (χ3n) is 7.24. The van der Waals surface area contributed by atoms with Crippen LogP contribution in [0.25, 0.3) is 0 Å². The van der Waals surface area contributed by atoms with Crippen LogP contribution in [-0.4, -0.2) is 75.6 Å². The minimum atomic E-state index is -0.524. The molecule has 1 saturated heterocycles. The fourth-order valence-corrected chi connectivity index (χ4v) is 5.12. The Kier molecular flexibility index (Phi) is 9.42. The van der Waals surface area contributed by atoms with Crippen LogP contribution in [0.15, 0.2) is 42.6 Å². The largest absolute Gasteiger partial charge is 0.497 e. The molecule has 0 unspecified atom stereocenters. The van der Waals surface area contributed by atoms with E-state index < -0.39 is 5.91 Å². The van der Waals surface area contributed by atoms with Gasteiger partial charge in [-0.05, 0) is 50.6 Å². The fraction of sp³-hybridized carbons (Fsp3) is 0.400. The lowest BCUT2D eigenvalue weighted by Gasteiger charge is -2.36.